The van der Waals surface area contributed by atoms with Gasteiger partial charge in [0.1, 0.15) is 5.82 Å². The Kier molecular flexibility index (Phi) is 5.74. The topological polar surface area (TPSA) is 102 Å². The number of carbonyl (C=O) groups is 2. The number of aryl methyl sites for hydroxylation is 2. The first kappa shape index (κ1) is 19.6. The maximum Gasteiger partial charge on any atom is 0.338 e. The molecule has 0 saturated heterocycles. The Morgan fingerprint density at radius 1 is 1.32 bits per heavy atom. The molecule has 8 nitrogen and oxygen atoms in total. The second-order valence-corrected chi connectivity index (χ2v) is 6.57. The Bertz CT molecular complexity index is 1030. The number of hydrogen-bond acceptors (Lipinski definition) is 4. The third-order valence-electron chi connectivity index (χ3n) is 4.03. The molecule has 1 amide bonds. The second-order valence-electron chi connectivity index (χ2n) is 6.16. The lowest BCUT2D eigenvalue weighted by Crippen LogP contribution is -2.15. The Morgan fingerprint density at radius 3 is 2.79 bits per heavy atom. The van der Waals surface area contributed by atoms with Crippen molar-refractivity contribution in [2.75, 3.05) is 5.32 Å². The number of carboxylic acid groups (broad SMARTS) is 1. The summed E-state index contributed by atoms with van der Waals surface area (Å²) in [4.78, 5) is 22.9. The molecule has 1 aromatic carbocycles. The van der Waals surface area contributed by atoms with Gasteiger partial charge in [0.25, 0.3) is 0 Å². The number of nitrogens with zero attached hydrogens (tertiary/aromatic N) is 4. The minimum atomic E-state index is -1.07. The summed E-state index contributed by atoms with van der Waals surface area (Å²) in [5, 5.41) is 20.1. The van der Waals surface area contributed by atoms with E-state index < -0.39 is 11.8 Å². The molecule has 0 atom stereocenters. The van der Waals surface area contributed by atoms with Crippen LogP contribution < -0.4 is 5.32 Å². The smallest absolute Gasteiger partial charge is 0.338 e. The number of anilines is 1. The SMILES string of the molecule is Cc1cc(NC(=O)CCn2cc(C(=O)O)cn2)nn1Cc1ccc(F)cc1Cl. The molecule has 3 aromatic rings. The molecule has 10 heteroatoms. The lowest BCUT2D eigenvalue weighted by Gasteiger charge is -2.07. The first-order valence-electron chi connectivity index (χ1n) is 8.36. The Hall–Kier alpha value is -3.20. The van der Waals surface area contributed by atoms with Gasteiger partial charge in [-0.3, -0.25) is 14.2 Å². The van der Waals surface area contributed by atoms with Gasteiger partial charge in [-0.05, 0) is 24.6 Å². The molecule has 0 bridgehead atoms. The van der Waals surface area contributed by atoms with Crippen LogP contribution in [0.5, 0.6) is 0 Å². The van der Waals surface area contributed by atoms with Gasteiger partial charge in [0.2, 0.25) is 5.91 Å². The summed E-state index contributed by atoms with van der Waals surface area (Å²) in [6.07, 6.45) is 2.70. The highest BCUT2D eigenvalue weighted by Gasteiger charge is 2.11. The maximum absolute atomic E-state index is 13.2. The van der Waals surface area contributed by atoms with Gasteiger partial charge in [-0.1, -0.05) is 17.7 Å². The van der Waals surface area contributed by atoms with Gasteiger partial charge in [-0.15, -0.1) is 0 Å². The van der Waals surface area contributed by atoms with Crippen molar-refractivity contribution in [2.45, 2.75) is 26.4 Å². The van der Waals surface area contributed by atoms with Crippen molar-refractivity contribution in [1.29, 1.82) is 0 Å². The molecule has 0 unspecified atom stereocenters. The zero-order chi connectivity index (χ0) is 20.3. The molecule has 0 fully saturated rings. The molecule has 146 valence electrons. The van der Waals surface area contributed by atoms with Crippen LogP contribution in [0.25, 0.3) is 0 Å². The largest absolute Gasteiger partial charge is 0.478 e. The number of aromatic nitrogens is 4. The van der Waals surface area contributed by atoms with Crippen LogP contribution in [0.2, 0.25) is 5.02 Å². The number of aromatic carboxylic acids is 1. The zero-order valence-corrected chi connectivity index (χ0v) is 15.6. The number of nitrogens with one attached hydrogen (secondary N) is 1. The van der Waals surface area contributed by atoms with Gasteiger partial charge in [-0.2, -0.15) is 10.2 Å². The number of carbonyl (C=O) groups excluding carboxylic acids is 1. The van der Waals surface area contributed by atoms with E-state index in [2.05, 4.69) is 15.5 Å². The van der Waals surface area contributed by atoms with Crippen LogP contribution in [0.1, 0.15) is 28.0 Å². The Labute approximate surface area is 164 Å². The summed E-state index contributed by atoms with van der Waals surface area (Å²) in [6, 6.07) is 5.87. The Morgan fingerprint density at radius 2 is 2.11 bits per heavy atom. The number of amides is 1. The Balaban J connectivity index is 1.59. The molecule has 0 radical (unpaired) electrons. The average molecular weight is 406 g/mol. The van der Waals surface area contributed by atoms with E-state index in [1.54, 1.807) is 16.8 Å². The van der Waals surface area contributed by atoms with E-state index in [4.69, 9.17) is 16.7 Å². The van der Waals surface area contributed by atoms with E-state index in [-0.39, 0.29) is 24.4 Å². The lowest BCUT2D eigenvalue weighted by atomic mass is 10.2. The summed E-state index contributed by atoms with van der Waals surface area (Å²) in [7, 11) is 0. The van der Waals surface area contributed by atoms with Gasteiger partial charge in [0.15, 0.2) is 5.82 Å². The van der Waals surface area contributed by atoms with Crippen molar-refractivity contribution in [3.63, 3.8) is 0 Å². The molecular formula is C18H17ClFN5O3. The fourth-order valence-electron chi connectivity index (χ4n) is 2.56. The molecule has 28 heavy (non-hydrogen) atoms. The van der Waals surface area contributed by atoms with E-state index in [1.165, 1.54) is 29.2 Å². The molecule has 0 aliphatic carbocycles. The van der Waals surface area contributed by atoms with Crippen molar-refractivity contribution >= 4 is 29.3 Å². The molecular weight excluding hydrogens is 389 g/mol. The van der Waals surface area contributed by atoms with Crippen LogP contribution >= 0.6 is 11.6 Å². The highest BCUT2D eigenvalue weighted by atomic mass is 35.5. The van der Waals surface area contributed by atoms with Gasteiger partial charge >= 0.3 is 5.97 Å². The van der Waals surface area contributed by atoms with Crippen molar-refractivity contribution < 1.29 is 19.1 Å². The quantitative estimate of drug-likeness (QED) is 0.629. The predicted molar refractivity (Wildman–Crippen MR) is 99.9 cm³/mol. The van der Waals surface area contributed by atoms with Crippen molar-refractivity contribution in [2.24, 2.45) is 0 Å². The van der Waals surface area contributed by atoms with Crippen molar-refractivity contribution in [3.05, 3.63) is 64.3 Å². The summed E-state index contributed by atoms with van der Waals surface area (Å²) in [6.45, 7) is 2.41. The van der Waals surface area contributed by atoms with Crippen LogP contribution in [-0.4, -0.2) is 36.5 Å². The van der Waals surface area contributed by atoms with Gasteiger partial charge in [-0.25, -0.2) is 9.18 Å². The lowest BCUT2D eigenvalue weighted by molar-refractivity contribution is -0.116. The number of hydrogen-bond donors (Lipinski definition) is 2. The highest BCUT2D eigenvalue weighted by Crippen LogP contribution is 2.20. The first-order chi connectivity index (χ1) is 13.3. The third-order valence-corrected chi connectivity index (χ3v) is 4.38. The summed E-state index contributed by atoms with van der Waals surface area (Å²) in [5.74, 6) is -1.38. The molecule has 0 aliphatic rings. The average Bonchev–Trinajstić information content (AvgIpc) is 3.23. The van der Waals surface area contributed by atoms with Crippen LogP contribution in [0.15, 0.2) is 36.7 Å². The van der Waals surface area contributed by atoms with E-state index in [0.29, 0.717) is 22.9 Å². The van der Waals surface area contributed by atoms with E-state index in [9.17, 15) is 14.0 Å². The molecule has 2 aromatic heterocycles. The van der Waals surface area contributed by atoms with Crippen LogP contribution in [-0.2, 0) is 17.9 Å². The molecule has 2 N–H and O–H groups in total. The zero-order valence-electron chi connectivity index (χ0n) is 14.9. The van der Waals surface area contributed by atoms with Gasteiger partial charge < -0.3 is 10.4 Å². The van der Waals surface area contributed by atoms with Crippen LogP contribution in [0.4, 0.5) is 10.2 Å². The van der Waals surface area contributed by atoms with Gasteiger partial charge in [0, 0.05) is 35.9 Å². The van der Waals surface area contributed by atoms with Gasteiger partial charge in [0.05, 0.1) is 18.3 Å². The standard InChI is InChI=1S/C18H17ClFN5O3/c1-11-6-16(23-25(11)10-12-2-3-14(20)7-15(12)19)22-17(26)4-5-24-9-13(8-21-24)18(27)28/h2-3,6-9H,4-5,10H2,1H3,(H,27,28)(H,22,23,26). The molecule has 0 aliphatic heterocycles. The molecule has 2 heterocycles. The van der Waals surface area contributed by atoms with Crippen molar-refractivity contribution in [1.82, 2.24) is 19.6 Å². The van der Waals surface area contributed by atoms with E-state index >= 15 is 0 Å². The third kappa shape index (κ3) is 4.74. The van der Waals surface area contributed by atoms with Crippen LogP contribution in [0.3, 0.4) is 0 Å². The van der Waals surface area contributed by atoms with Crippen LogP contribution in [0, 0.1) is 12.7 Å². The highest BCUT2D eigenvalue weighted by molar-refractivity contribution is 6.31. The minimum Gasteiger partial charge on any atom is -0.478 e. The molecule has 0 saturated carbocycles. The number of carboxylic acids is 1. The van der Waals surface area contributed by atoms with E-state index in [1.807, 2.05) is 6.92 Å². The summed E-state index contributed by atoms with van der Waals surface area (Å²) in [5.41, 5.74) is 1.57. The minimum absolute atomic E-state index is 0.0641. The number of rotatable bonds is 7. The molecule has 0 spiro atoms. The second kappa shape index (κ2) is 8.22. The summed E-state index contributed by atoms with van der Waals surface area (Å²) >= 11 is 6.05. The maximum atomic E-state index is 13.2. The normalized spacial score (nSPS) is 10.8. The van der Waals surface area contributed by atoms with Crippen molar-refractivity contribution in [3.8, 4) is 0 Å². The summed E-state index contributed by atoms with van der Waals surface area (Å²) < 4.78 is 16.2. The number of benzene rings is 1. The monoisotopic (exact) mass is 405 g/mol. The van der Waals surface area contributed by atoms with E-state index in [0.717, 1.165) is 5.69 Å². The fourth-order valence-corrected chi connectivity index (χ4v) is 2.79. The fraction of sp³-hybridized carbons (Fsp3) is 0.222. The number of halogens is 2. The first-order valence-corrected chi connectivity index (χ1v) is 8.73. The molecule has 3 rings (SSSR count). The predicted octanol–water partition coefficient (Wildman–Crippen LogP) is 2.96.